The fourth-order valence-electron chi connectivity index (χ4n) is 1.95. The maximum atomic E-state index is 12.1. The molecule has 0 aliphatic heterocycles. The number of anilines is 1. The van der Waals surface area contributed by atoms with E-state index in [0.29, 0.717) is 5.75 Å². The third-order valence-corrected chi connectivity index (χ3v) is 3.76. The molecule has 0 bridgehead atoms. The fourth-order valence-corrected chi connectivity index (χ4v) is 2.43. The number of halogens is 1. The Morgan fingerprint density at radius 2 is 1.86 bits per heavy atom. The number of ether oxygens (including phenoxy) is 2. The van der Waals surface area contributed by atoms with Gasteiger partial charge in [0.2, 0.25) is 0 Å². The molecular formula is C16H16BrNO3. The summed E-state index contributed by atoms with van der Waals surface area (Å²) in [7, 11) is 2.96. The molecule has 2 aromatic rings. The van der Waals surface area contributed by atoms with E-state index < -0.39 is 6.04 Å². The van der Waals surface area contributed by atoms with Gasteiger partial charge in [0.05, 0.1) is 14.2 Å². The van der Waals surface area contributed by atoms with E-state index in [0.717, 1.165) is 15.7 Å². The fraction of sp³-hybridized carbons (Fsp3) is 0.188. The summed E-state index contributed by atoms with van der Waals surface area (Å²) in [6.07, 6.45) is 0. The summed E-state index contributed by atoms with van der Waals surface area (Å²) < 4.78 is 10.9. The van der Waals surface area contributed by atoms with E-state index in [-0.39, 0.29) is 5.97 Å². The van der Waals surface area contributed by atoms with Gasteiger partial charge in [0.1, 0.15) is 5.75 Å². The van der Waals surface area contributed by atoms with E-state index in [1.165, 1.54) is 7.11 Å². The number of nitrogens with one attached hydrogen (secondary N) is 1. The van der Waals surface area contributed by atoms with Crippen LogP contribution in [0.1, 0.15) is 11.6 Å². The van der Waals surface area contributed by atoms with E-state index in [4.69, 9.17) is 9.47 Å². The largest absolute Gasteiger partial charge is 0.497 e. The maximum absolute atomic E-state index is 12.1. The average Bonchev–Trinajstić information content (AvgIpc) is 2.53. The van der Waals surface area contributed by atoms with Crippen LogP contribution in [-0.4, -0.2) is 20.2 Å². The summed E-state index contributed by atoms with van der Waals surface area (Å²) in [5.41, 5.74) is 1.59. The van der Waals surface area contributed by atoms with Gasteiger partial charge in [-0.2, -0.15) is 0 Å². The zero-order valence-corrected chi connectivity index (χ0v) is 13.4. The van der Waals surface area contributed by atoms with Crippen molar-refractivity contribution in [1.29, 1.82) is 0 Å². The second kappa shape index (κ2) is 7.13. The Bertz CT molecular complexity index is 616. The summed E-state index contributed by atoms with van der Waals surface area (Å²) in [4.78, 5) is 12.1. The van der Waals surface area contributed by atoms with Crippen LogP contribution in [0.15, 0.2) is 53.0 Å². The molecular weight excluding hydrogens is 334 g/mol. The lowest BCUT2D eigenvalue weighted by atomic mass is 10.1. The van der Waals surface area contributed by atoms with Gasteiger partial charge in [-0.1, -0.05) is 34.1 Å². The van der Waals surface area contributed by atoms with Crippen LogP contribution in [-0.2, 0) is 9.53 Å². The van der Waals surface area contributed by atoms with Crippen molar-refractivity contribution >= 4 is 27.6 Å². The molecule has 110 valence electrons. The molecule has 2 rings (SSSR count). The van der Waals surface area contributed by atoms with Gasteiger partial charge in [-0.05, 0) is 30.3 Å². The molecule has 0 saturated heterocycles. The zero-order valence-electron chi connectivity index (χ0n) is 11.8. The van der Waals surface area contributed by atoms with Gasteiger partial charge in [0, 0.05) is 15.7 Å². The van der Waals surface area contributed by atoms with Crippen LogP contribution in [0.3, 0.4) is 0 Å². The summed E-state index contributed by atoms with van der Waals surface area (Å²) in [5.74, 6) is 0.310. The number of benzene rings is 2. The molecule has 0 spiro atoms. The van der Waals surface area contributed by atoms with Crippen molar-refractivity contribution in [1.82, 2.24) is 0 Å². The predicted molar refractivity (Wildman–Crippen MR) is 85.5 cm³/mol. The van der Waals surface area contributed by atoms with Crippen LogP contribution in [0.25, 0.3) is 0 Å². The number of carbonyl (C=O) groups is 1. The number of hydrogen-bond acceptors (Lipinski definition) is 4. The molecule has 1 N–H and O–H groups in total. The number of esters is 1. The first-order valence-electron chi connectivity index (χ1n) is 6.38. The van der Waals surface area contributed by atoms with Gasteiger partial charge in [-0.15, -0.1) is 0 Å². The molecule has 21 heavy (non-hydrogen) atoms. The Kier molecular flexibility index (Phi) is 5.22. The lowest BCUT2D eigenvalue weighted by Crippen LogP contribution is -2.22. The predicted octanol–water partition coefficient (Wildman–Crippen LogP) is 3.78. The molecule has 0 fully saturated rings. The molecule has 5 heteroatoms. The van der Waals surface area contributed by atoms with Gasteiger partial charge < -0.3 is 14.8 Å². The third-order valence-electron chi connectivity index (χ3n) is 3.04. The standard InChI is InChI=1S/C16H16BrNO3/c1-20-12-8-9-14(17)13(10-12)15(16(19)21-2)18-11-6-4-3-5-7-11/h3-10,15,18H,1-2H3. The smallest absolute Gasteiger partial charge is 0.333 e. The zero-order chi connectivity index (χ0) is 15.2. The van der Waals surface area contributed by atoms with E-state index in [2.05, 4.69) is 21.2 Å². The minimum atomic E-state index is -0.623. The normalized spacial score (nSPS) is 11.6. The van der Waals surface area contributed by atoms with Crippen molar-refractivity contribution in [3.8, 4) is 5.75 Å². The van der Waals surface area contributed by atoms with Gasteiger partial charge in [-0.3, -0.25) is 0 Å². The number of rotatable bonds is 5. The average molecular weight is 350 g/mol. The van der Waals surface area contributed by atoms with E-state index in [9.17, 15) is 4.79 Å². The minimum Gasteiger partial charge on any atom is -0.497 e. The summed E-state index contributed by atoms with van der Waals surface area (Å²) in [6.45, 7) is 0. The second-order valence-electron chi connectivity index (χ2n) is 4.35. The molecule has 0 saturated carbocycles. The first kappa shape index (κ1) is 15.4. The quantitative estimate of drug-likeness (QED) is 0.834. The molecule has 0 amide bonds. The van der Waals surface area contributed by atoms with Crippen molar-refractivity contribution in [3.63, 3.8) is 0 Å². The molecule has 0 radical (unpaired) electrons. The molecule has 2 aromatic carbocycles. The number of hydrogen-bond donors (Lipinski definition) is 1. The molecule has 4 nitrogen and oxygen atoms in total. The second-order valence-corrected chi connectivity index (χ2v) is 5.21. The van der Waals surface area contributed by atoms with Crippen molar-refractivity contribution < 1.29 is 14.3 Å². The Balaban J connectivity index is 2.38. The van der Waals surface area contributed by atoms with Crippen molar-refractivity contribution in [2.75, 3.05) is 19.5 Å². The molecule has 1 unspecified atom stereocenters. The van der Waals surface area contributed by atoms with Gasteiger partial charge >= 0.3 is 5.97 Å². The first-order valence-corrected chi connectivity index (χ1v) is 7.18. The monoisotopic (exact) mass is 349 g/mol. The highest BCUT2D eigenvalue weighted by molar-refractivity contribution is 9.10. The van der Waals surface area contributed by atoms with E-state index >= 15 is 0 Å². The number of carbonyl (C=O) groups excluding carboxylic acids is 1. The highest BCUT2D eigenvalue weighted by atomic mass is 79.9. The van der Waals surface area contributed by atoms with Crippen LogP contribution in [0.2, 0.25) is 0 Å². The van der Waals surface area contributed by atoms with Crippen molar-refractivity contribution in [2.24, 2.45) is 0 Å². The lowest BCUT2D eigenvalue weighted by molar-refractivity contribution is -0.141. The molecule has 0 aliphatic carbocycles. The van der Waals surface area contributed by atoms with Crippen molar-refractivity contribution in [2.45, 2.75) is 6.04 Å². The first-order chi connectivity index (χ1) is 10.2. The Morgan fingerprint density at radius 1 is 1.14 bits per heavy atom. The number of methoxy groups -OCH3 is 2. The molecule has 0 aromatic heterocycles. The number of para-hydroxylation sites is 1. The molecule has 1 atom stereocenters. The third kappa shape index (κ3) is 3.76. The molecule has 0 heterocycles. The minimum absolute atomic E-state index is 0.368. The van der Waals surface area contributed by atoms with Gasteiger partial charge in [0.15, 0.2) is 6.04 Å². The van der Waals surface area contributed by atoms with Gasteiger partial charge in [0.25, 0.3) is 0 Å². The van der Waals surface area contributed by atoms with E-state index in [1.807, 2.05) is 48.5 Å². The highest BCUT2D eigenvalue weighted by Gasteiger charge is 2.24. The summed E-state index contributed by atoms with van der Waals surface area (Å²) in [5, 5.41) is 3.18. The maximum Gasteiger partial charge on any atom is 0.333 e. The SMILES string of the molecule is COC(=O)C(Nc1ccccc1)c1cc(OC)ccc1Br. The Morgan fingerprint density at radius 3 is 2.48 bits per heavy atom. The lowest BCUT2D eigenvalue weighted by Gasteiger charge is -2.20. The van der Waals surface area contributed by atoms with Crippen molar-refractivity contribution in [3.05, 3.63) is 58.6 Å². The van der Waals surface area contributed by atoms with Crippen LogP contribution < -0.4 is 10.1 Å². The van der Waals surface area contributed by atoms with Crippen LogP contribution in [0.5, 0.6) is 5.75 Å². The van der Waals surface area contributed by atoms with Gasteiger partial charge in [-0.25, -0.2) is 4.79 Å². The Hall–Kier alpha value is -2.01. The summed E-state index contributed by atoms with van der Waals surface area (Å²) in [6, 6.07) is 14.4. The highest BCUT2D eigenvalue weighted by Crippen LogP contribution is 2.30. The summed E-state index contributed by atoms with van der Waals surface area (Å²) >= 11 is 3.47. The topological polar surface area (TPSA) is 47.6 Å². The van der Waals surface area contributed by atoms with E-state index in [1.54, 1.807) is 7.11 Å². The van der Waals surface area contributed by atoms with Crippen LogP contribution in [0, 0.1) is 0 Å². The van der Waals surface area contributed by atoms with Crippen LogP contribution in [0.4, 0.5) is 5.69 Å². The Labute approximate surface area is 132 Å². The van der Waals surface area contributed by atoms with Crippen LogP contribution >= 0.6 is 15.9 Å². The molecule has 0 aliphatic rings.